The number of hydrogen-bond donors (Lipinski definition) is 2. The number of sulfonamides is 1. The first-order valence-electron chi connectivity index (χ1n) is 7.70. The number of aryl methyl sites for hydroxylation is 1. The fourth-order valence-corrected chi connectivity index (χ4v) is 2.64. The van der Waals surface area contributed by atoms with Crippen LogP contribution in [0.4, 0.5) is 19.1 Å². The average Bonchev–Trinajstić information content (AvgIpc) is 2.53. The van der Waals surface area contributed by atoms with Crippen LogP contribution in [0.15, 0.2) is 24.4 Å². The van der Waals surface area contributed by atoms with Crippen LogP contribution < -0.4 is 9.46 Å². The minimum absolute atomic E-state index is 0.0775. The quantitative estimate of drug-likeness (QED) is 0.739. The maximum absolute atomic E-state index is 13.1. The van der Waals surface area contributed by atoms with Crippen molar-refractivity contribution >= 4 is 21.9 Å². The molecule has 0 amide bonds. The molecule has 2 N–H and O–H groups in total. The molecule has 0 saturated heterocycles. The summed E-state index contributed by atoms with van der Waals surface area (Å²) in [6.07, 6.45) is -3.93. The molecule has 0 radical (unpaired) electrons. The van der Waals surface area contributed by atoms with Gasteiger partial charge in [0.05, 0.1) is 17.5 Å². The van der Waals surface area contributed by atoms with E-state index in [4.69, 9.17) is 9.84 Å². The molecule has 0 bridgehead atoms. The van der Waals surface area contributed by atoms with Gasteiger partial charge < -0.3 is 9.84 Å². The molecule has 1 aromatic carbocycles. The number of aromatic nitrogens is 2. The molecule has 0 spiro atoms. The molecule has 8 nitrogen and oxygen atoms in total. The smallest absolute Gasteiger partial charge is 0.416 e. The summed E-state index contributed by atoms with van der Waals surface area (Å²) in [5.74, 6) is -1.66. The molecule has 0 aliphatic heterocycles. The zero-order valence-corrected chi connectivity index (χ0v) is 15.7. The Labute approximate surface area is 158 Å². The first kappa shape index (κ1) is 21.4. The Morgan fingerprint density at radius 2 is 1.93 bits per heavy atom. The zero-order valence-electron chi connectivity index (χ0n) is 14.9. The fraction of sp³-hybridized carbons (Fsp3) is 0.312. The van der Waals surface area contributed by atoms with Crippen LogP contribution in [0.3, 0.4) is 0 Å². The van der Waals surface area contributed by atoms with E-state index in [2.05, 4.69) is 14.7 Å². The maximum Gasteiger partial charge on any atom is 0.416 e. The Kier molecular flexibility index (Phi) is 5.83. The largest absolute Gasteiger partial charge is 0.479 e. The summed E-state index contributed by atoms with van der Waals surface area (Å²) in [4.78, 5) is 18.7. The van der Waals surface area contributed by atoms with Crippen LogP contribution >= 0.6 is 0 Å². The van der Waals surface area contributed by atoms with Crippen LogP contribution in [-0.4, -0.2) is 41.8 Å². The summed E-state index contributed by atoms with van der Waals surface area (Å²) in [5.41, 5.74) is -0.770. The first-order valence-corrected chi connectivity index (χ1v) is 9.59. The standard InChI is InChI=1S/C16H16F3N3O5S/c1-8-12(7-20-15(21-8)22-28(3,25)26)11-6-10(16(17,18)19)4-5-13(11)27-9(2)14(23)24/h4-7,9H,1-3H3,(H,23,24)(H,20,21,22)/t9-/m0/s1. The van der Waals surface area contributed by atoms with Crippen molar-refractivity contribution in [2.45, 2.75) is 26.1 Å². The second-order valence-electron chi connectivity index (χ2n) is 5.87. The van der Waals surface area contributed by atoms with E-state index < -0.39 is 33.8 Å². The van der Waals surface area contributed by atoms with Crippen molar-refractivity contribution in [2.24, 2.45) is 0 Å². The van der Waals surface area contributed by atoms with Crippen LogP contribution in [0.2, 0.25) is 0 Å². The highest BCUT2D eigenvalue weighted by molar-refractivity contribution is 7.91. The van der Waals surface area contributed by atoms with Gasteiger partial charge in [-0.05, 0) is 32.0 Å². The number of alkyl halides is 3. The van der Waals surface area contributed by atoms with E-state index in [1.54, 1.807) is 0 Å². The molecule has 0 saturated carbocycles. The van der Waals surface area contributed by atoms with Gasteiger partial charge >= 0.3 is 12.1 Å². The molecule has 152 valence electrons. The summed E-state index contributed by atoms with van der Waals surface area (Å²) < 4.78 is 69.2. The van der Waals surface area contributed by atoms with Crippen LogP contribution in [0, 0.1) is 6.92 Å². The van der Waals surface area contributed by atoms with E-state index in [0.717, 1.165) is 30.7 Å². The number of nitrogens with one attached hydrogen (secondary N) is 1. The van der Waals surface area contributed by atoms with Gasteiger partial charge in [0.2, 0.25) is 16.0 Å². The van der Waals surface area contributed by atoms with Crippen molar-refractivity contribution in [1.82, 2.24) is 9.97 Å². The number of benzene rings is 1. The normalized spacial score (nSPS) is 13.1. The van der Waals surface area contributed by atoms with Crippen molar-refractivity contribution in [1.29, 1.82) is 0 Å². The number of carbonyl (C=O) groups is 1. The summed E-state index contributed by atoms with van der Waals surface area (Å²) in [6, 6.07) is 2.57. The lowest BCUT2D eigenvalue weighted by molar-refractivity contribution is -0.144. The lowest BCUT2D eigenvalue weighted by atomic mass is 10.0. The van der Waals surface area contributed by atoms with E-state index >= 15 is 0 Å². The van der Waals surface area contributed by atoms with Gasteiger partial charge in [0, 0.05) is 17.3 Å². The van der Waals surface area contributed by atoms with Crippen molar-refractivity contribution in [3.05, 3.63) is 35.7 Å². The Hall–Kier alpha value is -2.89. The zero-order chi connectivity index (χ0) is 21.3. The third kappa shape index (κ3) is 5.31. The summed E-state index contributed by atoms with van der Waals surface area (Å²) in [7, 11) is -3.64. The maximum atomic E-state index is 13.1. The van der Waals surface area contributed by atoms with Crippen molar-refractivity contribution in [3.63, 3.8) is 0 Å². The monoisotopic (exact) mass is 419 g/mol. The molecule has 0 unspecified atom stereocenters. The van der Waals surface area contributed by atoms with Crippen molar-refractivity contribution in [3.8, 4) is 16.9 Å². The predicted octanol–water partition coefficient (Wildman–Crippen LogP) is 2.69. The first-order chi connectivity index (χ1) is 12.8. The number of carboxylic acid groups (broad SMARTS) is 1. The molecule has 1 atom stereocenters. The summed E-state index contributed by atoms with van der Waals surface area (Å²) in [6.45, 7) is 2.67. The molecular formula is C16H16F3N3O5S. The van der Waals surface area contributed by atoms with Crippen LogP contribution in [0.25, 0.3) is 11.1 Å². The third-order valence-corrected chi connectivity index (χ3v) is 4.06. The van der Waals surface area contributed by atoms with E-state index in [-0.39, 0.29) is 28.5 Å². The molecule has 0 aliphatic carbocycles. The predicted molar refractivity (Wildman–Crippen MR) is 93.4 cm³/mol. The molecular weight excluding hydrogens is 403 g/mol. The van der Waals surface area contributed by atoms with Gasteiger partial charge in [-0.15, -0.1) is 0 Å². The topological polar surface area (TPSA) is 118 Å². The highest BCUT2D eigenvalue weighted by Gasteiger charge is 2.32. The van der Waals surface area contributed by atoms with Gasteiger partial charge in [0.25, 0.3) is 0 Å². The average molecular weight is 419 g/mol. The van der Waals surface area contributed by atoms with Crippen molar-refractivity contribution < 1.29 is 36.2 Å². The van der Waals surface area contributed by atoms with E-state index in [1.165, 1.54) is 13.8 Å². The number of ether oxygens (including phenoxy) is 1. The molecule has 2 rings (SSSR count). The number of halogens is 3. The Balaban J connectivity index is 2.59. The summed E-state index contributed by atoms with van der Waals surface area (Å²) in [5, 5.41) is 8.99. The van der Waals surface area contributed by atoms with E-state index in [9.17, 15) is 26.4 Å². The van der Waals surface area contributed by atoms with Crippen molar-refractivity contribution in [2.75, 3.05) is 11.0 Å². The molecule has 12 heteroatoms. The van der Waals surface area contributed by atoms with E-state index in [0.29, 0.717) is 0 Å². The number of nitrogens with zero attached hydrogens (tertiary/aromatic N) is 2. The second-order valence-corrected chi connectivity index (χ2v) is 7.62. The lowest BCUT2D eigenvalue weighted by Gasteiger charge is -2.18. The second kappa shape index (κ2) is 7.62. The molecule has 0 fully saturated rings. The molecule has 1 aromatic heterocycles. The van der Waals surface area contributed by atoms with Gasteiger partial charge in [0.1, 0.15) is 5.75 Å². The van der Waals surface area contributed by atoms with Gasteiger partial charge in [0.15, 0.2) is 6.10 Å². The highest BCUT2D eigenvalue weighted by atomic mass is 32.2. The Morgan fingerprint density at radius 3 is 2.43 bits per heavy atom. The number of anilines is 1. The molecule has 0 aliphatic rings. The number of carboxylic acids is 1. The SMILES string of the molecule is Cc1nc(NS(C)(=O)=O)ncc1-c1cc(C(F)(F)F)ccc1O[C@@H](C)C(=O)O. The lowest BCUT2D eigenvalue weighted by Crippen LogP contribution is -2.23. The summed E-state index contributed by atoms with van der Waals surface area (Å²) >= 11 is 0. The van der Waals surface area contributed by atoms with Gasteiger partial charge in [-0.25, -0.2) is 23.2 Å². The number of hydrogen-bond acceptors (Lipinski definition) is 6. The Bertz CT molecular complexity index is 1010. The number of rotatable bonds is 6. The minimum Gasteiger partial charge on any atom is -0.479 e. The van der Waals surface area contributed by atoms with Crippen LogP contribution in [-0.2, 0) is 21.0 Å². The third-order valence-electron chi connectivity index (χ3n) is 3.50. The molecule has 1 heterocycles. The van der Waals surface area contributed by atoms with Gasteiger partial charge in [-0.2, -0.15) is 13.2 Å². The van der Waals surface area contributed by atoms with Gasteiger partial charge in [-0.1, -0.05) is 0 Å². The van der Waals surface area contributed by atoms with Gasteiger partial charge in [-0.3, -0.25) is 4.72 Å². The molecule has 2 aromatic rings. The molecule has 28 heavy (non-hydrogen) atoms. The Morgan fingerprint density at radius 1 is 1.29 bits per heavy atom. The highest BCUT2D eigenvalue weighted by Crippen LogP contribution is 2.38. The van der Waals surface area contributed by atoms with Crippen LogP contribution in [0.1, 0.15) is 18.2 Å². The minimum atomic E-state index is -4.64. The number of aliphatic carboxylic acids is 1. The van der Waals surface area contributed by atoms with E-state index in [1.807, 2.05) is 0 Å². The van der Waals surface area contributed by atoms with Crippen LogP contribution in [0.5, 0.6) is 5.75 Å². The fourth-order valence-electron chi connectivity index (χ4n) is 2.21.